The Hall–Kier alpha value is -3.10. The second-order valence-electron chi connectivity index (χ2n) is 8.45. The van der Waals surface area contributed by atoms with E-state index in [9.17, 15) is 19.7 Å². The molecule has 9 nitrogen and oxygen atoms in total. The molecular weight excluding hydrogens is 452 g/mol. The van der Waals surface area contributed by atoms with Crippen LogP contribution in [0.15, 0.2) is 36.6 Å². The van der Waals surface area contributed by atoms with Crippen molar-refractivity contribution in [2.24, 2.45) is 0 Å². The molecule has 0 bridgehead atoms. The Morgan fingerprint density at radius 3 is 2.11 bits per heavy atom. The highest BCUT2D eigenvalue weighted by Crippen LogP contribution is 2.18. The summed E-state index contributed by atoms with van der Waals surface area (Å²) in [5.74, 6) is 0.791. The third kappa shape index (κ3) is 14.7. The number of carbonyl (C=O) groups excluding carboxylic acids is 2. The maximum atomic E-state index is 12.4. The normalized spacial score (nSPS) is 10.4. The number of ether oxygens (including phenoxy) is 3. The minimum atomic E-state index is -0.764. The molecular formula is C26H40N2O7. The molecule has 35 heavy (non-hydrogen) atoms. The summed E-state index contributed by atoms with van der Waals surface area (Å²) >= 11 is 0. The van der Waals surface area contributed by atoms with E-state index in [1.165, 1.54) is 82.1 Å². The fraction of sp³-hybridized carbons (Fsp3) is 0.615. The number of benzene rings is 1. The van der Waals surface area contributed by atoms with Gasteiger partial charge in [-0.25, -0.2) is 4.79 Å². The summed E-state index contributed by atoms with van der Waals surface area (Å²) in [7, 11) is 0. The number of nitro groups is 1. The molecule has 0 aromatic heterocycles. The molecule has 1 amide bonds. The van der Waals surface area contributed by atoms with Crippen molar-refractivity contribution in [3.05, 3.63) is 46.7 Å². The zero-order valence-corrected chi connectivity index (χ0v) is 21.0. The summed E-state index contributed by atoms with van der Waals surface area (Å²) in [6, 6.07) is 5.11. The Balaban J connectivity index is 2.22. The first-order chi connectivity index (χ1) is 17.0. The van der Waals surface area contributed by atoms with Crippen LogP contribution < -0.4 is 4.74 Å². The fourth-order valence-corrected chi connectivity index (χ4v) is 3.49. The number of rotatable bonds is 21. The van der Waals surface area contributed by atoms with Crippen molar-refractivity contribution in [2.75, 3.05) is 19.9 Å². The minimum absolute atomic E-state index is 0.115. The maximum absolute atomic E-state index is 12.4. The fourth-order valence-electron chi connectivity index (χ4n) is 3.49. The molecule has 0 saturated carbocycles. The molecule has 0 saturated heterocycles. The van der Waals surface area contributed by atoms with Crippen LogP contribution in [0.3, 0.4) is 0 Å². The molecule has 196 valence electrons. The van der Waals surface area contributed by atoms with E-state index < -0.39 is 11.0 Å². The number of nitro benzene ring substituents is 1. The van der Waals surface area contributed by atoms with Gasteiger partial charge in [-0.05, 0) is 18.6 Å². The van der Waals surface area contributed by atoms with Crippen LogP contribution in [0.5, 0.6) is 5.75 Å². The van der Waals surface area contributed by atoms with Crippen LogP contribution in [0.1, 0.15) is 84.0 Å². The second-order valence-corrected chi connectivity index (χ2v) is 8.45. The van der Waals surface area contributed by atoms with Gasteiger partial charge in [0.25, 0.3) is 12.2 Å². The van der Waals surface area contributed by atoms with Crippen LogP contribution in [-0.4, -0.2) is 42.3 Å². The summed E-state index contributed by atoms with van der Waals surface area (Å²) in [6.07, 6.45) is 14.0. The van der Waals surface area contributed by atoms with Crippen molar-refractivity contribution >= 4 is 18.3 Å². The lowest BCUT2D eigenvalue weighted by Gasteiger charge is -2.21. The Morgan fingerprint density at radius 1 is 1.00 bits per heavy atom. The van der Waals surface area contributed by atoms with E-state index in [2.05, 4.69) is 18.2 Å². The van der Waals surface area contributed by atoms with Crippen LogP contribution in [0.2, 0.25) is 0 Å². The largest absolute Gasteiger partial charge is 0.497 e. The van der Waals surface area contributed by atoms with Gasteiger partial charge in [0.1, 0.15) is 12.4 Å². The number of allylic oxidation sites excluding steroid dienone is 1. The van der Waals surface area contributed by atoms with E-state index in [-0.39, 0.29) is 37.8 Å². The molecule has 0 heterocycles. The van der Waals surface area contributed by atoms with Crippen molar-refractivity contribution in [2.45, 2.75) is 84.0 Å². The third-order valence-corrected chi connectivity index (χ3v) is 5.54. The highest BCUT2D eigenvalue weighted by atomic mass is 16.6. The second kappa shape index (κ2) is 19.2. The molecule has 0 radical (unpaired) electrons. The highest BCUT2D eigenvalue weighted by molar-refractivity contribution is 5.70. The molecule has 0 fully saturated rings. The van der Waals surface area contributed by atoms with Crippen LogP contribution in [0, 0.1) is 10.1 Å². The molecule has 1 aromatic rings. The topological polar surface area (TPSA) is 108 Å². The van der Waals surface area contributed by atoms with Crippen molar-refractivity contribution in [1.82, 2.24) is 4.90 Å². The molecule has 0 aliphatic rings. The first-order valence-corrected chi connectivity index (χ1v) is 12.5. The van der Waals surface area contributed by atoms with Gasteiger partial charge in [-0.3, -0.25) is 19.8 Å². The maximum Gasteiger partial charge on any atom is 0.418 e. The molecule has 9 heteroatoms. The van der Waals surface area contributed by atoms with Gasteiger partial charge in [-0.2, -0.15) is 0 Å². The van der Waals surface area contributed by atoms with Gasteiger partial charge in [-0.1, -0.05) is 77.7 Å². The molecule has 0 unspecified atom stereocenters. The molecule has 1 rings (SSSR count). The minimum Gasteiger partial charge on any atom is -0.497 e. The SMILES string of the molecule is C=C(CCCCCCCCCCCCC)OCCN(COC=O)C(=O)Oc1ccc([N+](=O)[O-])cc1. The van der Waals surface area contributed by atoms with Gasteiger partial charge in [0.05, 0.1) is 17.2 Å². The molecule has 0 aliphatic carbocycles. The quantitative estimate of drug-likeness (QED) is 0.0466. The van der Waals surface area contributed by atoms with Crippen molar-refractivity contribution < 1.29 is 28.7 Å². The third-order valence-electron chi connectivity index (χ3n) is 5.54. The van der Waals surface area contributed by atoms with Crippen LogP contribution >= 0.6 is 0 Å². The summed E-state index contributed by atoms with van der Waals surface area (Å²) in [4.78, 5) is 34.3. The van der Waals surface area contributed by atoms with Gasteiger partial charge in [-0.15, -0.1) is 0 Å². The Morgan fingerprint density at radius 2 is 1.57 bits per heavy atom. The predicted octanol–water partition coefficient (Wildman–Crippen LogP) is 6.76. The monoisotopic (exact) mass is 492 g/mol. The number of non-ortho nitro benzene ring substituents is 1. The Kier molecular flexibility index (Phi) is 16.4. The van der Waals surface area contributed by atoms with Crippen molar-refractivity contribution in [3.63, 3.8) is 0 Å². The number of hydrogen-bond donors (Lipinski definition) is 0. The van der Waals surface area contributed by atoms with E-state index in [0.717, 1.165) is 24.2 Å². The molecule has 0 spiro atoms. The van der Waals surface area contributed by atoms with Crippen LogP contribution in [-0.2, 0) is 14.3 Å². The molecule has 0 atom stereocenters. The van der Waals surface area contributed by atoms with Gasteiger partial charge in [0, 0.05) is 18.6 Å². The summed E-state index contributed by atoms with van der Waals surface area (Å²) < 4.78 is 15.5. The summed E-state index contributed by atoms with van der Waals surface area (Å²) in [5.41, 5.74) is -0.115. The molecule has 1 aromatic carbocycles. The first kappa shape index (κ1) is 29.9. The number of amides is 1. The van der Waals surface area contributed by atoms with Crippen LogP contribution in [0.4, 0.5) is 10.5 Å². The van der Waals surface area contributed by atoms with Gasteiger partial charge >= 0.3 is 6.09 Å². The number of unbranched alkanes of at least 4 members (excludes halogenated alkanes) is 10. The average molecular weight is 493 g/mol. The van der Waals surface area contributed by atoms with E-state index in [1.807, 2.05) is 0 Å². The number of nitrogens with zero attached hydrogens (tertiary/aromatic N) is 2. The van der Waals surface area contributed by atoms with E-state index in [4.69, 9.17) is 9.47 Å². The molecule has 0 aliphatic heterocycles. The van der Waals surface area contributed by atoms with E-state index >= 15 is 0 Å². The zero-order chi connectivity index (χ0) is 25.7. The lowest BCUT2D eigenvalue weighted by Crippen LogP contribution is -2.37. The van der Waals surface area contributed by atoms with Crippen LogP contribution in [0.25, 0.3) is 0 Å². The summed E-state index contributed by atoms with van der Waals surface area (Å²) in [5, 5.41) is 10.7. The number of hydrogen-bond acceptors (Lipinski definition) is 7. The lowest BCUT2D eigenvalue weighted by atomic mass is 10.1. The highest BCUT2D eigenvalue weighted by Gasteiger charge is 2.17. The number of carbonyl (C=O) groups is 2. The lowest BCUT2D eigenvalue weighted by molar-refractivity contribution is -0.384. The van der Waals surface area contributed by atoms with E-state index in [0.29, 0.717) is 5.76 Å². The smallest absolute Gasteiger partial charge is 0.418 e. The predicted molar refractivity (Wildman–Crippen MR) is 134 cm³/mol. The van der Waals surface area contributed by atoms with Gasteiger partial charge in [0.2, 0.25) is 0 Å². The van der Waals surface area contributed by atoms with Crippen molar-refractivity contribution in [1.29, 1.82) is 0 Å². The summed E-state index contributed by atoms with van der Waals surface area (Å²) in [6.45, 7) is 6.40. The van der Waals surface area contributed by atoms with Gasteiger partial charge in [0.15, 0.2) is 6.73 Å². The average Bonchev–Trinajstić information content (AvgIpc) is 2.84. The molecule has 0 N–H and O–H groups in total. The Bertz CT molecular complexity index is 753. The Labute approximate surface area is 208 Å². The van der Waals surface area contributed by atoms with Crippen molar-refractivity contribution in [3.8, 4) is 5.75 Å². The van der Waals surface area contributed by atoms with E-state index in [1.54, 1.807) is 0 Å². The zero-order valence-electron chi connectivity index (χ0n) is 21.0. The first-order valence-electron chi connectivity index (χ1n) is 12.5. The standard InChI is InChI=1S/C26H40N2O7/c1-3-4-5-6-7-8-9-10-11-12-13-14-23(2)34-20-19-27(21-33-22-29)26(30)35-25-17-15-24(16-18-25)28(31)32/h15-18,22H,2-14,19-21H2,1H3. The van der Waals surface area contributed by atoms with Gasteiger partial charge < -0.3 is 14.2 Å².